The largest absolute Gasteiger partial charge is 0.315 e. The Morgan fingerprint density at radius 3 is 3.20 bits per heavy atom. The van der Waals surface area contributed by atoms with Crippen molar-refractivity contribution in [2.24, 2.45) is 5.92 Å². The third kappa shape index (κ3) is 1.08. The molecule has 1 N–H and O–H groups in total. The van der Waals surface area contributed by atoms with Gasteiger partial charge in [-0.1, -0.05) is 22.6 Å². The van der Waals surface area contributed by atoms with Crippen molar-refractivity contribution < 1.29 is 0 Å². The van der Waals surface area contributed by atoms with Crippen molar-refractivity contribution in [1.82, 2.24) is 10.2 Å². The number of alkyl halides is 1. The Labute approximate surface area is 75.5 Å². The van der Waals surface area contributed by atoms with Gasteiger partial charge in [-0.3, -0.25) is 4.90 Å². The summed E-state index contributed by atoms with van der Waals surface area (Å²) in [6, 6.07) is 0.872. The number of hydrogen-bond donors (Lipinski definition) is 1. The molecule has 0 amide bonds. The van der Waals surface area contributed by atoms with Crippen LogP contribution in [0.5, 0.6) is 0 Å². The minimum absolute atomic E-state index is 0.872. The van der Waals surface area contributed by atoms with Gasteiger partial charge >= 0.3 is 0 Å². The molecule has 0 unspecified atom stereocenters. The predicted molar refractivity (Wildman–Crippen MR) is 50.4 cm³/mol. The van der Waals surface area contributed by atoms with Gasteiger partial charge in [0.1, 0.15) is 0 Å². The van der Waals surface area contributed by atoms with E-state index < -0.39 is 0 Å². The molecule has 2 aliphatic heterocycles. The summed E-state index contributed by atoms with van der Waals surface area (Å²) < 4.78 is 1.21. The maximum Gasteiger partial charge on any atom is 0.0509 e. The lowest BCUT2D eigenvalue weighted by atomic mass is 10.1. The van der Waals surface area contributed by atoms with E-state index in [2.05, 4.69) is 32.8 Å². The molecule has 2 saturated heterocycles. The molecule has 2 fully saturated rings. The smallest absolute Gasteiger partial charge is 0.0509 e. The molecule has 0 bridgehead atoms. The van der Waals surface area contributed by atoms with Crippen LogP contribution in [0.4, 0.5) is 0 Å². The topological polar surface area (TPSA) is 15.3 Å². The van der Waals surface area contributed by atoms with Crippen molar-refractivity contribution in [3.05, 3.63) is 0 Å². The van der Waals surface area contributed by atoms with Gasteiger partial charge in [0.2, 0.25) is 0 Å². The molecule has 10 heavy (non-hydrogen) atoms. The minimum Gasteiger partial charge on any atom is -0.315 e. The van der Waals surface area contributed by atoms with E-state index in [1.54, 1.807) is 0 Å². The van der Waals surface area contributed by atoms with E-state index in [0.29, 0.717) is 0 Å². The van der Waals surface area contributed by atoms with Crippen LogP contribution in [0.2, 0.25) is 0 Å². The fourth-order valence-corrected chi connectivity index (χ4v) is 2.93. The summed E-state index contributed by atoms with van der Waals surface area (Å²) in [5, 5.41) is 3.44. The summed E-state index contributed by atoms with van der Waals surface area (Å²) in [6.45, 7) is 3.82. The second-order valence-electron chi connectivity index (χ2n) is 3.21. The quantitative estimate of drug-likeness (QED) is 0.419. The van der Waals surface area contributed by atoms with Gasteiger partial charge in [0.05, 0.1) is 4.55 Å². The number of likely N-dealkylation sites (tertiary alicyclic amines) is 1. The summed E-state index contributed by atoms with van der Waals surface area (Å²) in [6.07, 6.45) is 1.42. The molecule has 0 radical (unpaired) electrons. The first-order valence-electron chi connectivity index (χ1n) is 3.92. The molecule has 58 valence electrons. The molecular weight excluding hydrogens is 239 g/mol. The second kappa shape index (κ2) is 2.95. The molecule has 2 rings (SSSR count). The average Bonchev–Trinajstić information content (AvgIpc) is 2.44. The highest BCUT2D eigenvalue weighted by molar-refractivity contribution is 14.1. The van der Waals surface area contributed by atoms with Gasteiger partial charge in [-0.25, -0.2) is 0 Å². The van der Waals surface area contributed by atoms with Crippen molar-refractivity contribution in [2.45, 2.75) is 12.5 Å². The first-order chi connectivity index (χ1) is 4.92. The Hall–Kier alpha value is 0.650. The predicted octanol–water partition coefficient (Wildman–Crippen LogP) is 0.673. The average molecular weight is 252 g/mol. The lowest BCUT2D eigenvalue weighted by molar-refractivity contribution is 0.302. The number of nitrogens with zero attached hydrogens (tertiary/aromatic N) is 1. The Kier molecular flexibility index (Phi) is 2.15. The van der Waals surface area contributed by atoms with Crippen LogP contribution in [0, 0.1) is 5.92 Å². The molecule has 0 aliphatic carbocycles. The zero-order valence-corrected chi connectivity index (χ0v) is 8.17. The Balaban J connectivity index is 2.01. The molecule has 0 spiro atoms. The highest BCUT2D eigenvalue weighted by Crippen LogP contribution is 2.27. The highest BCUT2D eigenvalue weighted by atomic mass is 127. The van der Waals surface area contributed by atoms with Gasteiger partial charge in [0, 0.05) is 12.6 Å². The van der Waals surface area contributed by atoms with Crippen LogP contribution in [0.25, 0.3) is 0 Å². The van der Waals surface area contributed by atoms with Crippen molar-refractivity contribution in [3.8, 4) is 0 Å². The SMILES string of the molecule is ICN1CC[C@H]2CNC[C@H]21. The van der Waals surface area contributed by atoms with E-state index in [4.69, 9.17) is 0 Å². The van der Waals surface area contributed by atoms with Crippen LogP contribution in [0.3, 0.4) is 0 Å². The summed E-state index contributed by atoms with van der Waals surface area (Å²) in [5.41, 5.74) is 0. The maximum absolute atomic E-state index is 3.44. The van der Waals surface area contributed by atoms with Crippen LogP contribution in [-0.4, -0.2) is 35.1 Å². The van der Waals surface area contributed by atoms with Crippen LogP contribution < -0.4 is 5.32 Å². The maximum atomic E-state index is 3.44. The summed E-state index contributed by atoms with van der Waals surface area (Å²) in [5.74, 6) is 0.967. The van der Waals surface area contributed by atoms with Crippen LogP contribution in [0.15, 0.2) is 0 Å². The van der Waals surface area contributed by atoms with E-state index >= 15 is 0 Å². The number of hydrogen-bond acceptors (Lipinski definition) is 2. The molecule has 2 heterocycles. The van der Waals surface area contributed by atoms with Gasteiger partial charge < -0.3 is 5.32 Å². The van der Waals surface area contributed by atoms with Crippen LogP contribution in [-0.2, 0) is 0 Å². The monoisotopic (exact) mass is 252 g/mol. The zero-order valence-electron chi connectivity index (χ0n) is 6.02. The zero-order chi connectivity index (χ0) is 6.97. The number of halogens is 1. The van der Waals surface area contributed by atoms with E-state index in [9.17, 15) is 0 Å². The first kappa shape index (κ1) is 7.31. The fourth-order valence-electron chi connectivity index (χ4n) is 2.09. The number of nitrogens with one attached hydrogen (secondary N) is 1. The van der Waals surface area contributed by atoms with Gasteiger partial charge in [-0.15, -0.1) is 0 Å². The molecule has 0 aromatic heterocycles. The van der Waals surface area contributed by atoms with Crippen LogP contribution >= 0.6 is 22.6 Å². The van der Waals surface area contributed by atoms with Crippen molar-refractivity contribution in [1.29, 1.82) is 0 Å². The van der Waals surface area contributed by atoms with Gasteiger partial charge in [-0.05, 0) is 25.4 Å². The number of fused-ring (bicyclic) bond motifs is 1. The normalized spacial score (nSPS) is 40.5. The van der Waals surface area contributed by atoms with E-state index in [0.717, 1.165) is 12.0 Å². The van der Waals surface area contributed by atoms with Gasteiger partial charge in [-0.2, -0.15) is 0 Å². The second-order valence-corrected chi connectivity index (χ2v) is 3.89. The molecular formula is C7H13IN2. The summed E-state index contributed by atoms with van der Waals surface area (Å²) in [7, 11) is 0. The van der Waals surface area contributed by atoms with E-state index in [1.165, 1.54) is 30.6 Å². The number of rotatable bonds is 1. The highest BCUT2D eigenvalue weighted by Gasteiger charge is 2.36. The molecule has 0 aromatic carbocycles. The minimum atomic E-state index is 0.872. The lowest BCUT2D eigenvalue weighted by Crippen LogP contribution is -2.32. The Bertz CT molecular complexity index is 129. The van der Waals surface area contributed by atoms with E-state index in [-0.39, 0.29) is 0 Å². The summed E-state index contributed by atoms with van der Waals surface area (Å²) in [4.78, 5) is 2.59. The Morgan fingerprint density at radius 1 is 1.50 bits per heavy atom. The van der Waals surface area contributed by atoms with Crippen molar-refractivity contribution in [3.63, 3.8) is 0 Å². The van der Waals surface area contributed by atoms with Crippen molar-refractivity contribution >= 4 is 22.6 Å². The van der Waals surface area contributed by atoms with E-state index in [1.807, 2.05) is 0 Å². The first-order valence-corrected chi connectivity index (χ1v) is 5.45. The molecule has 2 aliphatic rings. The van der Waals surface area contributed by atoms with Gasteiger partial charge in [0.25, 0.3) is 0 Å². The summed E-state index contributed by atoms with van der Waals surface area (Å²) >= 11 is 2.46. The standard InChI is InChI=1S/C7H13IN2/c8-5-10-2-1-6-3-9-4-7(6)10/h6-7,9H,1-5H2/t6-,7+/m0/s1. The molecule has 3 heteroatoms. The van der Waals surface area contributed by atoms with Gasteiger partial charge in [0.15, 0.2) is 0 Å². The molecule has 2 atom stereocenters. The third-order valence-corrected chi connectivity index (χ3v) is 3.59. The third-order valence-electron chi connectivity index (χ3n) is 2.71. The lowest BCUT2D eigenvalue weighted by Gasteiger charge is -2.19. The molecule has 2 nitrogen and oxygen atoms in total. The van der Waals surface area contributed by atoms with Crippen molar-refractivity contribution in [2.75, 3.05) is 24.2 Å². The molecule has 0 aromatic rings. The molecule has 0 saturated carbocycles. The fraction of sp³-hybridized carbons (Fsp3) is 1.00. The van der Waals surface area contributed by atoms with Crippen LogP contribution in [0.1, 0.15) is 6.42 Å². The Morgan fingerprint density at radius 2 is 2.40 bits per heavy atom.